The molecule has 0 atom stereocenters. The minimum absolute atomic E-state index is 0.146. The molecule has 1 aliphatic heterocycles. The Labute approximate surface area is 93.4 Å². The predicted molar refractivity (Wildman–Crippen MR) is 62.8 cm³/mol. The summed E-state index contributed by atoms with van der Waals surface area (Å²) in [6.45, 7) is 4.05. The number of ether oxygens (including phenoxy) is 1. The van der Waals surface area contributed by atoms with Crippen LogP contribution in [-0.2, 0) is 0 Å². The average Bonchev–Trinajstić information content (AvgIpc) is 2.31. The van der Waals surface area contributed by atoms with Crippen LogP contribution in [0, 0.1) is 0 Å². The molecule has 0 spiro atoms. The Morgan fingerprint density at radius 2 is 1.69 bits per heavy atom. The van der Waals surface area contributed by atoms with Crippen LogP contribution in [0.4, 0.5) is 0 Å². The number of phenolic OH excluding ortho intramolecular Hbond substituents is 1. The van der Waals surface area contributed by atoms with Gasteiger partial charge in [0, 0.05) is 11.1 Å². The summed E-state index contributed by atoms with van der Waals surface area (Å²) in [5, 5.41) is 9.73. The van der Waals surface area contributed by atoms with Crippen LogP contribution in [0.5, 0.6) is 17.2 Å². The molecule has 0 bridgehead atoms. The molecule has 0 radical (unpaired) electrons. The summed E-state index contributed by atoms with van der Waals surface area (Å²) in [5.41, 5.74) is 2.70. The fourth-order valence-corrected chi connectivity index (χ4v) is 1.93. The second-order valence-corrected chi connectivity index (χ2v) is 3.73. The zero-order chi connectivity index (χ0) is 11.1. The van der Waals surface area contributed by atoms with Gasteiger partial charge in [-0.2, -0.15) is 0 Å². The highest BCUT2D eigenvalue weighted by molar-refractivity contribution is 5.87. The molecule has 3 rings (SSSR count). The monoisotopic (exact) mass is 210 g/mol. The molecule has 0 aliphatic carbocycles. The van der Waals surface area contributed by atoms with Crippen LogP contribution in [0.25, 0.3) is 5.57 Å². The normalized spacial score (nSPS) is 12.6. The molecule has 1 aliphatic rings. The molecule has 16 heavy (non-hydrogen) atoms. The SMILES string of the molecule is C=C1c2ccccc2Oc2c(O)cccc21. The Kier molecular flexibility index (Phi) is 1.77. The summed E-state index contributed by atoms with van der Waals surface area (Å²) in [6.07, 6.45) is 0. The molecule has 0 unspecified atom stereocenters. The highest BCUT2D eigenvalue weighted by Gasteiger charge is 2.21. The maximum Gasteiger partial charge on any atom is 0.176 e. The second-order valence-electron chi connectivity index (χ2n) is 3.73. The van der Waals surface area contributed by atoms with Crippen molar-refractivity contribution in [2.45, 2.75) is 0 Å². The minimum Gasteiger partial charge on any atom is -0.504 e. The van der Waals surface area contributed by atoms with Crippen molar-refractivity contribution in [2.24, 2.45) is 0 Å². The van der Waals surface area contributed by atoms with Crippen LogP contribution in [0.15, 0.2) is 49.0 Å². The number of phenols is 1. The van der Waals surface area contributed by atoms with Crippen LogP contribution < -0.4 is 4.74 Å². The summed E-state index contributed by atoms with van der Waals surface area (Å²) in [4.78, 5) is 0. The van der Waals surface area contributed by atoms with Gasteiger partial charge in [-0.25, -0.2) is 0 Å². The Balaban J connectivity index is 2.26. The summed E-state index contributed by atoms with van der Waals surface area (Å²) in [6, 6.07) is 13.0. The number of hydrogen-bond donors (Lipinski definition) is 1. The van der Waals surface area contributed by atoms with E-state index in [1.807, 2.05) is 30.3 Å². The lowest BCUT2D eigenvalue weighted by molar-refractivity contribution is 0.407. The van der Waals surface area contributed by atoms with Crippen LogP contribution >= 0.6 is 0 Å². The van der Waals surface area contributed by atoms with E-state index in [1.54, 1.807) is 12.1 Å². The van der Waals surface area contributed by atoms with E-state index in [9.17, 15) is 5.11 Å². The highest BCUT2D eigenvalue weighted by atomic mass is 16.5. The van der Waals surface area contributed by atoms with E-state index in [-0.39, 0.29) is 5.75 Å². The molecule has 78 valence electrons. The average molecular weight is 210 g/mol. The van der Waals surface area contributed by atoms with Crippen molar-refractivity contribution in [2.75, 3.05) is 0 Å². The molecule has 0 amide bonds. The molecule has 2 aromatic rings. The summed E-state index contributed by atoms with van der Waals surface area (Å²) < 4.78 is 5.67. The van der Waals surface area contributed by atoms with Gasteiger partial charge in [-0.1, -0.05) is 36.9 Å². The van der Waals surface area contributed by atoms with Gasteiger partial charge in [-0.3, -0.25) is 0 Å². The molecule has 0 fully saturated rings. The van der Waals surface area contributed by atoms with E-state index in [0.717, 1.165) is 22.4 Å². The van der Waals surface area contributed by atoms with Gasteiger partial charge in [0.25, 0.3) is 0 Å². The first-order valence-corrected chi connectivity index (χ1v) is 5.06. The van der Waals surface area contributed by atoms with Gasteiger partial charge in [0.05, 0.1) is 0 Å². The maximum absolute atomic E-state index is 9.73. The molecule has 2 aromatic carbocycles. The Morgan fingerprint density at radius 1 is 0.938 bits per heavy atom. The van der Waals surface area contributed by atoms with E-state index < -0.39 is 0 Å². The first kappa shape index (κ1) is 9.04. The van der Waals surface area contributed by atoms with E-state index >= 15 is 0 Å². The summed E-state index contributed by atoms with van der Waals surface area (Å²) in [7, 11) is 0. The summed E-state index contributed by atoms with van der Waals surface area (Å²) in [5.74, 6) is 1.38. The number of rotatable bonds is 0. The molecule has 1 heterocycles. The standard InChI is InChI=1S/C14H10O2/c1-9-10-5-2-3-8-13(10)16-14-11(9)6-4-7-12(14)15/h2-8,15H,1H2. The van der Waals surface area contributed by atoms with Crippen LogP contribution in [-0.4, -0.2) is 5.11 Å². The molecular formula is C14H10O2. The Hall–Kier alpha value is -2.22. The van der Waals surface area contributed by atoms with Gasteiger partial charge in [-0.05, 0) is 17.7 Å². The van der Waals surface area contributed by atoms with E-state index in [1.165, 1.54) is 0 Å². The quantitative estimate of drug-likeness (QED) is 0.614. The fraction of sp³-hybridized carbons (Fsp3) is 0. The van der Waals surface area contributed by atoms with Crippen molar-refractivity contribution in [3.8, 4) is 17.2 Å². The van der Waals surface area contributed by atoms with Gasteiger partial charge in [0.2, 0.25) is 0 Å². The Bertz CT molecular complexity index is 585. The van der Waals surface area contributed by atoms with Gasteiger partial charge in [-0.15, -0.1) is 0 Å². The van der Waals surface area contributed by atoms with Gasteiger partial charge in [0.1, 0.15) is 5.75 Å². The second kappa shape index (κ2) is 3.14. The number of fused-ring (bicyclic) bond motifs is 2. The van der Waals surface area contributed by atoms with E-state index in [2.05, 4.69) is 6.58 Å². The van der Waals surface area contributed by atoms with Gasteiger partial charge in [0.15, 0.2) is 11.5 Å². The zero-order valence-electron chi connectivity index (χ0n) is 8.60. The van der Waals surface area contributed by atoms with Gasteiger partial charge >= 0.3 is 0 Å². The van der Waals surface area contributed by atoms with Crippen molar-refractivity contribution in [1.82, 2.24) is 0 Å². The topological polar surface area (TPSA) is 29.5 Å². The maximum atomic E-state index is 9.73. The third-order valence-electron chi connectivity index (χ3n) is 2.74. The fourth-order valence-electron chi connectivity index (χ4n) is 1.93. The first-order valence-electron chi connectivity index (χ1n) is 5.06. The number of benzene rings is 2. The molecule has 2 nitrogen and oxygen atoms in total. The number of aromatic hydroxyl groups is 1. The number of para-hydroxylation sites is 2. The van der Waals surface area contributed by atoms with Crippen LogP contribution in [0.2, 0.25) is 0 Å². The van der Waals surface area contributed by atoms with E-state index in [4.69, 9.17) is 4.74 Å². The van der Waals surface area contributed by atoms with Crippen molar-refractivity contribution < 1.29 is 9.84 Å². The summed E-state index contributed by atoms with van der Waals surface area (Å²) >= 11 is 0. The zero-order valence-corrected chi connectivity index (χ0v) is 8.60. The molecule has 0 saturated carbocycles. The van der Waals surface area contributed by atoms with Gasteiger partial charge < -0.3 is 9.84 Å². The molecule has 2 heteroatoms. The van der Waals surface area contributed by atoms with Crippen molar-refractivity contribution in [3.63, 3.8) is 0 Å². The van der Waals surface area contributed by atoms with Crippen molar-refractivity contribution in [1.29, 1.82) is 0 Å². The predicted octanol–water partition coefficient (Wildman–Crippen LogP) is 3.56. The van der Waals surface area contributed by atoms with E-state index in [0.29, 0.717) is 5.75 Å². The lowest BCUT2D eigenvalue weighted by Gasteiger charge is -2.22. The smallest absolute Gasteiger partial charge is 0.176 e. The third kappa shape index (κ3) is 1.13. The first-order chi connectivity index (χ1) is 7.77. The van der Waals surface area contributed by atoms with Crippen LogP contribution in [0.1, 0.15) is 11.1 Å². The van der Waals surface area contributed by atoms with Crippen LogP contribution in [0.3, 0.4) is 0 Å². The molecule has 1 N–H and O–H groups in total. The molecule has 0 saturated heterocycles. The molecular weight excluding hydrogens is 200 g/mol. The Morgan fingerprint density at radius 3 is 2.56 bits per heavy atom. The lowest BCUT2D eigenvalue weighted by atomic mass is 9.95. The largest absolute Gasteiger partial charge is 0.504 e. The third-order valence-corrected chi connectivity index (χ3v) is 2.74. The number of hydrogen-bond acceptors (Lipinski definition) is 2. The highest BCUT2D eigenvalue weighted by Crippen LogP contribution is 2.46. The lowest BCUT2D eigenvalue weighted by Crippen LogP contribution is -2.01. The van der Waals surface area contributed by atoms with Crippen molar-refractivity contribution >= 4 is 5.57 Å². The van der Waals surface area contributed by atoms with Crippen molar-refractivity contribution in [3.05, 3.63) is 60.2 Å². The molecule has 0 aromatic heterocycles. The minimum atomic E-state index is 0.146.